The molecule has 14 rings (SSSR count). The molecule has 147 heavy (non-hydrogen) atoms. The Labute approximate surface area is 863 Å². The van der Waals surface area contributed by atoms with E-state index in [9.17, 15) is 73.5 Å². The molecule has 0 bridgehead atoms. The van der Waals surface area contributed by atoms with Gasteiger partial charge in [-0.1, -0.05) is 118 Å². The Hall–Kier alpha value is -12.4. The summed E-state index contributed by atoms with van der Waals surface area (Å²) in [6, 6.07) is 20.6. The first-order chi connectivity index (χ1) is 69.2. The summed E-state index contributed by atoms with van der Waals surface area (Å²) < 4.78 is 207. The molecule has 792 valence electrons. The van der Waals surface area contributed by atoms with E-state index in [1.165, 1.54) is 79.6 Å². The highest BCUT2D eigenvalue weighted by Crippen LogP contribution is 2.40. The van der Waals surface area contributed by atoms with Crippen LogP contribution < -0.4 is 43.8 Å². The van der Waals surface area contributed by atoms with Crippen molar-refractivity contribution in [1.82, 2.24) is 59.0 Å². The monoisotopic (exact) mass is 2190 g/mol. The summed E-state index contributed by atoms with van der Waals surface area (Å²) >= 11 is 29.6. The highest BCUT2D eigenvalue weighted by Gasteiger charge is 2.35. The molecule has 2 amide bonds. The predicted octanol–water partition coefficient (Wildman–Crippen LogP) is 20.7. The first kappa shape index (κ1) is 117. The maximum absolute atomic E-state index is 15.3. The number of amidine groups is 2. The van der Waals surface area contributed by atoms with Crippen LogP contribution in [0.5, 0.6) is 0 Å². The van der Waals surface area contributed by atoms with Gasteiger partial charge in [0.1, 0.15) is 70.6 Å². The molecule has 2 aliphatic rings. The lowest BCUT2D eigenvalue weighted by atomic mass is 9.95. The van der Waals surface area contributed by atoms with Crippen molar-refractivity contribution in [3.63, 3.8) is 0 Å². The molecule has 6 heterocycles. The fourth-order valence-corrected chi connectivity index (χ4v) is 16.7. The molecule has 9 N–H and O–H groups in total. The Morgan fingerprint density at radius 3 is 1.26 bits per heavy atom. The van der Waals surface area contributed by atoms with E-state index < -0.39 is 115 Å². The number of ether oxygens (including phenoxy) is 4. The summed E-state index contributed by atoms with van der Waals surface area (Å²) in [6.45, 7) is 28.1. The molecule has 0 radical (unpaired) electrons. The van der Waals surface area contributed by atoms with Gasteiger partial charge in [0.25, 0.3) is 0 Å². The fourth-order valence-electron chi connectivity index (χ4n) is 14.2. The van der Waals surface area contributed by atoms with Crippen molar-refractivity contribution in [2.24, 2.45) is 26.0 Å². The minimum atomic E-state index is -1.46. The number of amides is 2. The van der Waals surface area contributed by atoms with Gasteiger partial charge in [0.15, 0.2) is 58.2 Å². The second-order valence-corrected chi connectivity index (χ2v) is 50.9. The van der Waals surface area contributed by atoms with Gasteiger partial charge in [0.2, 0.25) is 11.2 Å². The summed E-state index contributed by atoms with van der Waals surface area (Å²) in [4.78, 5) is 68.6. The Bertz CT molecular complexity index is 6890. The van der Waals surface area contributed by atoms with Gasteiger partial charge in [-0.2, -0.15) is 0 Å². The van der Waals surface area contributed by atoms with Gasteiger partial charge in [-0.3, -0.25) is 28.2 Å². The van der Waals surface area contributed by atoms with Crippen LogP contribution in [0, 0.1) is 69.8 Å². The number of hydrogen-bond donors (Lipinski definition) is 8. The second-order valence-electron chi connectivity index (χ2n) is 37.7. The fraction of sp³-hybridized carbons (Fsp3) is 0.375. The number of nitrogens with two attached hydrogens (primary N) is 1. The van der Waals surface area contributed by atoms with E-state index in [1.54, 1.807) is 49.0 Å². The lowest BCUT2D eigenvalue weighted by molar-refractivity contribution is 0.0294. The molecule has 0 aliphatic carbocycles. The van der Waals surface area contributed by atoms with Gasteiger partial charge in [0.05, 0.1) is 89.5 Å². The smallest absolute Gasteiger partial charge is 0.444 e. The number of hydrogen-bond acceptors (Lipinski definition) is 24. The Morgan fingerprint density at radius 1 is 0.510 bits per heavy atom. The normalized spacial score (nSPS) is 13.2. The Balaban J connectivity index is 0.000000196. The third-order valence-electron chi connectivity index (χ3n) is 21.6. The van der Waals surface area contributed by atoms with E-state index >= 15 is 8.78 Å². The number of nitrogens with zero attached hydrogens (tertiary/aromatic N) is 14. The molecular formula is C96H109Cl5F12N20O12Si2. The zero-order chi connectivity index (χ0) is 108. The zero-order valence-corrected chi connectivity index (χ0v) is 88.5. The molecule has 0 saturated carbocycles. The highest BCUT2D eigenvalue weighted by molar-refractivity contribution is 6.76. The third-order valence-corrected chi connectivity index (χ3v) is 26.5. The van der Waals surface area contributed by atoms with Gasteiger partial charge in [-0.25, -0.2) is 91.0 Å². The predicted molar refractivity (Wildman–Crippen MR) is 547 cm³/mol. The van der Waals surface area contributed by atoms with Crippen molar-refractivity contribution >= 4 is 149 Å². The van der Waals surface area contributed by atoms with E-state index in [4.69, 9.17) is 91.7 Å². The maximum atomic E-state index is 15.3. The van der Waals surface area contributed by atoms with Gasteiger partial charge in [0, 0.05) is 120 Å². The number of aliphatic imine (C=N–C) groups is 2. The molecule has 51 heteroatoms. The standard InChI is InChI=1S/C29H36ClF3N6O5Si.C21H19Cl2F3N4O3Si.2C19H18ClF3N4O.C8H18N2O2/c1-29(2,3)43-27(40)37(4)11-10-34-26-35-23-22(33)21(32)15-18(24(23)38(26)16-42-12-13-45(5,6)7)25-36-44-28(41)39(25)17-8-9-20(31)19(30)14-17;1-34(2,3)7-6-32-10-29-18-12(9-15(25)16(26)17(18)27-20(29)23)19-28-33-21(31)30(19)11-4-5-14(24)13(22)8-11;2*1-24-4-5-25-17-9-12-11(8-15(22)18(23)19(12)26-17)16(27-28)7-10-2-3-14(21)13(20)6-10;1-8(2,3)12-7(11)10(4)6-5-9/h8-9,14-15H,10-13,16H2,1-7H3,(H,34,35);4-5,8-9H,6-7,10H2,1-3H3;2*2-3,6,8,24,28H,4-5,7,9H2,1H3,(H,25,26);5-6,9H2,1-4H3/b;;2*27-16+;. The number of carbonyl (C=O) groups is 2. The van der Waals surface area contributed by atoms with Gasteiger partial charge >= 0.3 is 23.7 Å². The van der Waals surface area contributed by atoms with Crippen molar-refractivity contribution < 1.29 is 101 Å². The minimum absolute atomic E-state index is 0.0171. The number of carbonyl (C=O) groups excluding carboxylic acids is 2. The summed E-state index contributed by atoms with van der Waals surface area (Å²) in [5.41, 5.74) is 6.36. The van der Waals surface area contributed by atoms with Crippen LogP contribution in [0.2, 0.25) is 76.7 Å². The molecule has 2 aliphatic heterocycles. The first-order valence-corrected chi connectivity index (χ1v) is 54.7. The number of imidazole rings is 2. The number of anilines is 3. The first-order valence-electron chi connectivity index (χ1n) is 45.4. The summed E-state index contributed by atoms with van der Waals surface area (Å²) in [6.07, 6.45) is -0.259. The molecule has 32 nitrogen and oxygen atoms in total. The minimum Gasteiger partial charge on any atom is -0.444 e. The molecule has 0 fully saturated rings. The van der Waals surface area contributed by atoms with Crippen LogP contribution in [-0.2, 0) is 58.1 Å². The van der Waals surface area contributed by atoms with Crippen LogP contribution in [0.4, 0.5) is 79.6 Å². The van der Waals surface area contributed by atoms with E-state index in [0.29, 0.717) is 86.4 Å². The number of halogens is 17. The summed E-state index contributed by atoms with van der Waals surface area (Å²) in [5, 5.41) is 46.9. The lowest BCUT2D eigenvalue weighted by Crippen LogP contribution is -2.36. The number of oxime groups is 2. The summed E-state index contributed by atoms with van der Waals surface area (Å²) in [5.74, 6) is -12.9. The molecule has 4 aromatic heterocycles. The zero-order valence-electron chi connectivity index (χ0n) is 82.7. The van der Waals surface area contributed by atoms with Crippen LogP contribution in [0.15, 0.2) is 136 Å². The second kappa shape index (κ2) is 51.0. The molecule has 12 aromatic rings. The lowest BCUT2D eigenvalue weighted by Gasteiger charge is -2.24. The topological polar surface area (TPSA) is 385 Å². The van der Waals surface area contributed by atoms with Gasteiger partial charge in [-0.05, 0) is 187 Å². The molecule has 8 aromatic carbocycles. The van der Waals surface area contributed by atoms with Crippen molar-refractivity contribution in [3.05, 3.63) is 247 Å². The molecule has 0 spiro atoms. The number of nitrogens with one attached hydrogen (secondary N) is 5. The van der Waals surface area contributed by atoms with Crippen LogP contribution in [0.1, 0.15) is 74.9 Å². The number of benzene rings is 8. The van der Waals surface area contributed by atoms with E-state index in [-0.39, 0.29) is 180 Å². The Kier molecular flexibility index (Phi) is 40.5. The SMILES string of the molecule is CN(CCN)C(=O)OC(C)(C)C.CN(CCNc1nc2c(F)c(F)cc(-c3noc(=O)n3-c3ccc(F)c(Cl)c3)c2n1COCC[Si](C)(C)C)C(=O)OC(C)(C)C.CNCCN=C1Cc2c(/C(Cc3ccc(F)c(Cl)c3)=N/O)cc(F)c(F)c2N1.CNCCN=C1Cc2c(/C(Cc3ccc(F)c(Cl)c3)=N/O)cc(F)c(F)c2N1.C[Si](C)(C)CCOCn1c(Cl)nc2c(F)c(F)cc(-c3noc(=O)n3-c3ccc(F)c(Cl)c3)c21. The third kappa shape index (κ3) is 30.7. The van der Waals surface area contributed by atoms with Crippen molar-refractivity contribution in [3.8, 4) is 34.2 Å². The van der Waals surface area contributed by atoms with E-state index in [2.05, 4.69) is 106 Å². The number of rotatable bonds is 32. The Morgan fingerprint density at radius 2 is 0.884 bits per heavy atom. The van der Waals surface area contributed by atoms with Crippen LogP contribution in [-0.4, -0.2) is 215 Å². The van der Waals surface area contributed by atoms with Gasteiger partial charge in [-0.15, -0.1) is 0 Å². The largest absolute Gasteiger partial charge is 0.446 e. The average molecular weight is 2200 g/mol. The highest BCUT2D eigenvalue weighted by atomic mass is 35.5. The van der Waals surface area contributed by atoms with Gasteiger partial charge < -0.3 is 71.5 Å². The average Bonchev–Trinajstić information content (AvgIpc) is 1.59. The van der Waals surface area contributed by atoms with E-state index in [1.807, 2.05) is 20.8 Å². The number of aromatic nitrogens is 8. The van der Waals surface area contributed by atoms with Crippen LogP contribution in [0.3, 0.4) is 0 Å². The van der Waals surface area contributed by atoms with Crippen LogP contribution in [0.25, 0.3) is 56.2 Å². The van der Waals surface area contributed by atoms with Crippen molar-refractivity contribution in [2.75, 3.05) is 110 Å². The quantitative estimate of drug-likeness (QED) is 0.00485. The van der Waals surface area contributed by atoms with Crippen molar-refractivity contribution in [1.29, 1.82) is 0 Å². The van der Waals surface area contributed by atoms with E-state index in [0.717, 1.165) is 57.6 Å². The molecular weight excluding hydrogens is 2090 g/mol. The number of fused-ring (bicyclic) bond motifs is 4. The van der Waals surface area contributed by atoms with Crippen molar-refractivity contribution in [2.45, 2.75) is 143 Å². The summed E-state index contributed by atoms with van der Waals surface area (Å²) in [7, 11) is 3.98. The molecule has 0 atom stereocenters. The maximum Gasteiger partial charge on any atom is 0.446 e. The number of likely N-dealkylation sites (N-methyl/N-ethyl adjacent to an activating group) is 4. The van der Waals surface area contributed by atoms with Crippen LogP contribution >= 0.6 is 58.0 Å². The molecule has 0 unspecified atom stereocenters. The molecule has 0 saturated heterocycles.